The van der Waals surface area contributed by atoms with Crippen molar-refractivity contribution in [1.29, 1.82) is 0 Å². The molecule has 0 spiro atoms. The van der Waals surface area contributed by atoms with Gasteiger partial charge in [0.1, 0.15) is 0 Å². The summed E-state index contributed by atoms with van der Waals surface area (Å²) in [5, 5.41) is 3.59. The van der Waals surface area contributed by atoms with Gasteiger partial charge in [-0.25, -0.2) is 0 Å². The van der Waals surface area contributed by atoms with Crippen molar-refractivity contribution in [1.82, 2.24) is 10.2 Å². The molecule has 1 aliphatic rings. The van der Waals surface area contributed by atoms with Crippen molar-refractivity contribution in [3.05, 3.63) is 34.3 Å². The predicted molar refractivity (Wildman–Crippen MR) is 82.4 cm³/mol. The van der Waals surface area contributed by atoms with Gasteiger partial charge < -0.3 is 10.1 Å². The highest BCUT2D eigenvalue weighted by Gasteiger charge is 2.15. The first-order valence-corrected chi connectivity index (χ1v) is 7.88. The van der Waals surface area contributed by atoms with Crippen LogP contribution in [0, 0.1) is 0 Å². The zero-order valence-corrected chi connectivity index (χ0v) is 13.2. The van der Waals surface area contributed by atoms with E-state index in [1.165, 1.54) is 5.56 Å². The lowest BCUT2D eigenvalue weighted by atomic mass is 10.0. The summed E-state index contributed by atoms with van der Waals surface area (Å²) in [5.74, 6) is 0. The van der Waals surface area contributed by atoms with Crippen LogP contribution in [-0.4, -0.2) is 44.3 Å². The van der Waals surface area contributed by atoms with Gasteiger partial charge in [-0.2, -0.15) is 0 Å². The highest BCUT2D eigenvalue weighted by atomic mass is 79.9. The first kappa shape index (κ1) is 15.0. The second-order valence-corrected chi connectivity index (χ2v) is 5.82. The van der Waals surface area contributed by atoms with Gasteiger partial charge in [-0.15, -0.1) is 0 Å². The van der Waals surface area contributed by atoms with E-state index in [0.717, 1.165) is 50.3 Å². The average Bonchev–Trinajstić information content (AvgIpc) is 2.44. The molecular formula is C15H23BrN2O. The van der Waals surface area contributed by atoms with Gasteiger partial charge in [0.25, 0.3) is 0 Å². The first-order chi connectivity index (χ1) is 9.29. The largest absolute Gasteiger partial charge is 0.379 e. The fourth-order valence-electron chi connectivity index (χ4n) is 2.49. The molecule has 3 nitrogen and oxygen atoms in total. The minimum atomic E-state index is 0.436. The maximum atomic E-state index is 5.39. The molecule has 0 bridgehead atoms. The summed E-state index contributed by atoms with van der Waals surface area (Å²) in [6.45, 7) is 8.19. The van der Waals surface area contributed by atoms with Gasteiger partial charge >= 0.3 is 0 Å². The third kappa shape index (κ3) is 4.88. The van der Waals surface area contributed by atoms with Gasteiger partial charge in [-0.05, 0) is 30.7 Å². The van der Waals surface area contributed by atoms with Crippen molar-refractivity contribution in [3.63, 3.8) is 0 Å². The van der Waals surface area contributed by atoms with Crippen molar-refractivity contribution in [2.24, 2.45) is 0 Å². The summed E-state index contributed by atoms with van der Waals surface area (Å²) in [5.41, 5.74) is 1.37. The summed E-state index contributed by atoms with van der Waals surface area (Å²) in [6.07, 6.45) is 1.14. The Bertz CT molecular complexity index is 380. The van der Waals surface area contributed by atoms with Gasteiger partial charge in [0, 0.05) is 30.1 Å². The van der Waals surface area contributed by atoms with Crippen LogP contribution in [-0.2, 0) is 4.74 Å². The predicted octanol–water partition coefficient (Wildman–Crippen LogP) is 2.82. The van der Waals surface area contributed by atoms with E-state index in [9.17, 15) is 0 Å². The van der Waals surface area contributed by atoms with E-state index >= 15 is 0 Å². The van der Waals surface area contributed by atoms with E-state index in [-0.39, 0.29) is 0 Å². The number of ether oxygens (including phenoxy) is 1. The molecule has 0 saturated carbocycles. The monoisotopic (exact) mass is 326 g/mol. The molecule has 1 unspecified atom stereocenters. The maximum Gasteiger partial charge on any atom is 0.0594 e. The molecule has 106 valence electrons. The van der Waals surface area contributed by atoms with E-state index in [1.807, 2.05) is 0 Å². The number of hydrogen-bond donors (Lipinski definition) is 1. The number of nitrogens with one attached hydrogen (secondary N) is 1. The molecule has 1 fully saturated rings. The standard InChI is InChI=1S/C15H23BrN2O/c1-2-17-15(13-4-3-5-14(16)12-13)6-7-18-8-10-19-11-9-18/h3-5,12,15,17H,2,6-11H2,1H3. The quantitative estimate of drug-likeness (QED) is 0.870. The summed E-state index contributed by atoms with van der Waals surface area (Å²) < 4.78 is 6.54. The van der Waals surface area contributed by atoms with Crippen molar-refractivity contribution >= 4 is 15.9 Å². The molecule has 19 heavy (non-hydrogen) atoms. The highest BCUT2D eigenvalue weighted by molar-refractivity contribution is 9.10. The molecule has 0 amide bonds. The molecule has 2 rings (SSSR count). The second kappa shape index (κ2) is 8.00. The number of morpholine rings is 1. The second-order valence-electron chi connectivity index (χ2n) is 4.91. The Hall–Kier alpha value is -0.420. The molecule has 1 aromatic carbocycles. The van der Waals surface area contributed by atoms with Gasteiger partial charge in [0.05, 0.1) is 13.2 Å². The van der Waals surface area contributed by atoms with Crippen LogP contribution >= 0.6 is 15.9 Å². The fraction of sp³-hybridized carbons (Fsp3) is 0.600. The Labute approximate surface area is 124 Å². The Kier molecular flexibility index (Phi) is 6.31. The summed E-state index contributed by atoms with van der Waals surface area (Å²) in [7, 11) is 0. The number of halogens is 1. The van der Waals surface area contributed by atoms with Crippen LogP contribution in [0.4, 0.5) is 0 Å². The Balaban J connectivity index is 1.91. The normalized spacial score (nSPS) is 18.4. The van der Waals surface area contributed by atoms with E-state index in [2.05, 4.69) is 57.3 Å². The Morgan fingerprint density at radius 1 is 1.37 bits per heavy atom. The van der Waals surface area contributed by atoms with Gasteiger partial charge in [-0.3, -0.25) is 4.90 Å². The number of nitrogens with zero attached hydrogens (tertiary/aromatic N) is 1. The van der Waals surface area contributed by atoms with E-state index in [1.54, 1.807) is 0 Å². The Morgan fingerprint density at radius 3 is 2.84 bits per heavy atom. The summed E-state index contributed by atoms with van der Waals surface area (Å²) in [6, 6.07) is 9.04. The minimum Gasteiger partial charge on any atom is -0.379 e. The van der Waals surface area contributed by atoms with Crippen LogP contribution in [0.1, 0.15) is 24.9 Å². The summed E-state index contributed by atoms with van der Waals surface area (Å²) >= 11 is 3.55. The van der Waals surface area contributed by atoms with Crippen LogP contribution in [0.15, 0.2) is 28.7 Å². The van der Waals surface area contributed by atoms with Crippen LogP contribution in [0.25, 0.3) is 0 Å². The van der Waals surface area contributed by atoms with Gasteiger partial charge in [0.15, 0.2) is 0 Å². The smallest absolute Gasteiger partial charge is 0.0594 e. The molecule has 1 heterocycles. The van der Waals surface area contributed by atoms with Crippen LogP contribution < -0.4 is 5.32 Å². The molecule has 0 aromatic heterocycles. The van der Waals surface area contributed by atoms with Crippen molar-refractivity contribution in [2.75, 3.05) is 39.4 Å². The van der Waals surface area contributed by atoms with Crippen LogP contribution in [0.5, 0.6) is 0 Å². The minimum absolute atomic E-state index is 0.436. The molecule has 1 aliphatic heterocycles. The molecular weight excluding hydrogens is 304 g/mol. The number of hydrogen-bond acceptors (Lipinski definition) is 3. The average molecular weight is 327 g/mol. The first-order valence-electron chi connectivity index (χ1n) is 7.08. The Morgan fingerprint density at radius 2 is 2.16 bits per heavy atom. The fourth-order valence-corrected chi connectivity index (χ4v) is 2.91. The third-order valence-corrected chi connectivity index (χ3v) is 4.03. The maximum absolute atomic E-state index is 5.39. The van der Waals surface area contributed by atoms with E-state index < -0.39 is 0 Å². The molecule has 1 aromatic rings. The van der Waals surface area contributed by atoms with Crippen molar-refractivity contribution in [3.8, 4) is 0 Å². The zero-order chi connectivity index (χ0) is 13.5. The van der Waals surface area contributed by atoms with Crippen LogP contribution in [0.2, 0.25) is 0 Å². The van der Waals surface area contributed by atoms with Gasteiger partial charge in [-0.1, -0.05) is 35.0 Å². The number of rotatable bonds is 6. The van der Waals surface area contributed by atoms with E-state index in [0.29, 0.717) is 6.04 Å². The lowest BCUT2D eigenvalue weighted by molar-refractivity contribution is 0.0361. The lowest BCUT2D eigenvalue weighted by Gasteiger charge is -2.28. The van der Waals surface area contributed by atoms with Gasteiger partial charge in [0.2, 0.25) is 0 Å². The van der Waals surface area contributed by atoms with Crippen LogP contribution in [0.3, 0.4) is 0 Å². The zero-order valence-electron chi connectivity index (χ0n) is 11.6. The summed E-state index contributed by atoms with van der Waals surface area (Å²) in [4.78, 5) is 2.49. The molecule has 4 heteroatoms. The lowest BCUT2D eigenvalue weighted by Crippen LogP contribution is -2.38. The van der Waals surface area contributed by atoms with Crippen molar-refractivity contribution in [2.45, 2.75) is 19.4 Å². The molecule has 1 atom stereocenters. The highest BCUT2D eigenvalue weighted by Crippen LogP contribution is 2.21. The number of benzene rings is 1. The molecule has 1 N–H and O–H groups in total. The van der Waals surface area contributed by atoms with Crippen molar-refractivity contribution < 1.29 is 4.74 Å². The SMILES string of the molecule is CCNC(CCN1CCOCC1)c1cccc(Br)c1. The third-order valence-electron chi connectivity index (χ3n) is 3.54. The topological polar surface area (TPSA) is 24.5 Å². The molecule has 0 aliphatic carbocycles. The van der Waals surface area contributed by atoms with E-state index in [4.69, 9.17) is 4.74 Å². The molecule has 0 radical (unpaired) electrons. The molecule has 1 saturated heterocycles.